The Morgan fingerprint density at radius 1 is 0.892 bits per heavy atom. The largest absolute Gasteiger partial charge is 0.507 e. The number of ether oxygens (including phenoxy) is 1. The van der Waals surface area contributed by atoms with Crippen molar-refractivity contribution in [3.05, 3.63) is 113 Å². The van der Waals surface area contributed by atoms with E-state index in [1.54, 1.807) is 18.2 Å². The lowest BCUT2D eigenvalue weighted by atomic mass is 9.92. The van der Waals surface area contributed by atoms with E-state index in [9.17, 15) is 14.7 Å². The van der Waals surface area contributed by atoms with Crippen LogP contribution in [0.4, 0.5) is 5.69 Å². The highest BCUT2D eigenvalue weighted by atomic mass is 16.5. The maximum absolute atomic E-state index is 13.6. The minimum absolute atomic E-state index is 0.0745. The molecule has 1 fully saturated rings. The van der Waals surface area contributed by atoms with E-state index in [4.69, 9.17) is 4.74 Å². The Kier molecular flexibility index (Phi) is 6.78. The number of hydrogen-bond donors (Lipinski definition) is 1. The lowest BCUT2D eigenvalue weighted by Crippen LogP contribution is -2.29. The second-order valence-corrected chi connectivity index (χ2v) is 9.14. The second kappa shape index (κ2) is 10.3. The molecule has 5 nitrogen and oxygen atoms in total. The average Bonchev–Trinajstić information content (AvgIpc) is 3.21. The number of carbonyl (C=O) groups is 2. The summed E-state index contributed by atoms with van der Waals surface area (Å²) in [6, 6.07) is 27.5. The first-order chi connectivity index (χ1) is 18.0. The number of Topliss-reactive ketones (excluding diaryl/α,β-unsaturated/α-hetero) is 1. The molecule has 1 aliphatic heterocycles. The summed E-state index contributed by atoms with van der Waals surface area (Å²) in [7, 11) is 0. The van der Waals surface area contributed by atoms with Gasteiger partial charge in [-0.25, -0.2) is 0 Å². The lowest BCUT2D eigenvalue weighted by molar-refractivity contribution is -0.132. The van der Waals surface area contributed by atoms with Crippen LogP contribution in [0.15, 0.2) is 96.6 Å². The van der Waals surface area contributed by atoms with E-state index in [0.717, 1.165) is 34.7 Å². The van der Waals surface area contributed by atoms with Gasteiger partial charge in [0.05, 0.1) is 18.2 Å². The van der Waals surface area contributed by atoms with Crippen molar-refractivity contribution in [2.45, 2.75) is 32.7 Å². The Morgan fingerprint density at radius 3 is 2.38 bits per heavy atom. The molecule has 1 amide bonds. The Morgan fingerprint density at radius 2 is 1.62 bits per heavy atom. The summed E-state index contributed by atoms with van der Waals surface area (Å²) >= 11 is 0. The number of amides is 1. The molecule has 0 radical (unpaired) electrons. The van der Waals surface area contributed by atoms with Crippen molar-refractivity contribution in [2.75, 3.05) is 11.5 Å². The molecule has 0 aliphatic carbocycles. The number of aryl methyl sites for hydroxylation is 1. The predicted octanol–water partition coefficient (Wildman–Crippen LogP) is 6.82. The van der Waals surface area contributed by atoms with Crippen molar-refractivity contribution in [2.24, 2.45) is 0 Å². The topological polar surface area (TPSA) is 66.8 Å². The Bertz CT molecular complexity index is 1500. The molecule has 1 saturated heterocycles. The van der Waals surface area contributed by atoms with Crippen LogP contribution in [0, 0.1) is 0 Å². The molecule has 1 atom stereocenters. The van der Waals surface area contributed by atoms with Crippen molar-refractivity contribution in [1.82, 2.24) is 0 Å². The zero-order valence-electron chi connectivity index (χ0n) is 21.0. The predicted molar refractivity (Wildman–Crippen MR) is 147 cm³/mol. The minimum Gasteiger partial charge on any atom is -0.507 e. The van der Waals surface area contributed by atoms with Crippen molar-refractivity contribution in [1.29, 1.82) is 0 Å². The van der Waals surface area contributed by atoms with E-state index in [-0.39, 0.29) is 11.3 Å². The van der Waals surface area contributed by atoms with E-state index in [0.29, 0.717) is 23.6 Å². The summed E-state index contributed by atoms with van der Waals surface area (Å²) in [4.78, 5) is 28.6. The molecule has 4 aromatic rings. The Hall–Kier alpha value is -4.38. The number of anilines is 1. The summed E-state index contributed by atoms with van der Waals surface area (Å²) in [5.41, 5.74) is 3.02. The molecule has 1 heterocycles. The number of nitrogens with zero attached hydrogens (tertiary/aromatic N) is 1. The molecule has 5 heteroatoms. The third-order valence-electron chi connectivity index (χ3n) is 6.76. The van der Waals surface area contributed by atoms with E-state index < -0.39 is 17.7 Å². The number of carbonyl (C=O) groups excluding carboxylic acids is 2. The highest BCUT2D eigenvalue weighted by Crippen LogP contribution is 2.43. The van der Waals surface area contributed by atoms with Gasteiger partial charge >= 0.3 is 0 Å². The van der Waals surface area contributed by atoms with Crippen LogP contribution < -0.4 is 9.64 Å². The van der Waals surface area contributed by atoms with Crippen LogP contribution in [0.1, 0.15) is 43.0 Å². The monoisotopic (exact) mass is 491 g/mol. The Labute approximate surface area is 216 Å². The zero-order chi connectivity index (χ0) is 25.9. The highest BCUT2D eigenvalue weighted by molar-refractivity contribution is 6.51. The van der Waals surface area contributed by atoms with Gasteiger partial charge in [-0.05, 0) is 46.9 Å². The van der Waals surface area contributed by atoms with Gasteiger partial charge < -0.3 is 9.84 Å². The molecule has 37 heavy (non-hydrogen) atoms. The van der Waals surface area contributed by atoms with E-state index in [1.807, 2.05) is 79.7 Å². The fraction of sp³-hybridized carbons (Fsp3) is 0.188. The molecule has 0 bridgehead atoms. The quantitative estimate of drug-likeness (QED) is 0.175. The van der Waals surface area contributed by atoms with Gasteiger partial charge in [-0.2, -0.15) is 0 Å². The van der Waals surface area contributed by atoms with E-state index >= 15 is 0 Å². The zero-order valence-corrected chi connectivity index (χ0v) is 21.0. The van der Waals surface area contributed by atoms with Crippen LogP contribution in [0.3, 0.4) is 0 Å². The summed E-state index contributed by atoms with van der Waals surface area (Å²) in [5, 5.41) is 13.4. The molecule has 4 aromatic carbocycles. The fourth-order valence-corrected chi connectivity index (χ4v) is 4.87. The van der Waals surface area contributed by atoms with Crippen LogP contribution in [-0.2, 0) is 16.0 Å². The van der Waals surface area contributed by atoms with E-state index in [1.165, 1.54) is 4.90 Å². The number of fused-ring (bicyclic) bond motifs is 1. The maximum Gasteiger partial charge on any atom is 0.300 e. The van der Waals surface area contributed by atoms with Crippen molar-refractivity contribution in [3.63, 3.8) is 0 Å². The number of aliphatic hydroxyl groups excluding tert-OH is 1. The number of benzene rings is 4. The SMILES string of the molecule is CCCOc1cccc(N2C(=O)C(=O)/C(=C(\O)c3cccc4ccccc34)C2c2ccc(CC)cc2)c1. The first kappa shape index (κ1) is 24.3. The third-order valence-corrected chi connectivity index (χ3v) is 6.76. The molecular weight excluding hydrogens is 462 g/mol. The van der Waals surface area contributed by atoms with E-state index in [2.05, 4.69) is 6.92 Å². The van der Waals surface area contributed by atoms with Gasteiger partial charge in [-0.15, -0.1) is 0 Å². The van der Waals surface area contributed by atoms with Gasteiger partial charge in [-0.1, -0.05) is 86.6 Å². The van der Waals surface area contributed by atoms with Crippen LogP contribution in [0.2, 0.25) is 0 Å². The molecule has 1 N–H and O–H groups in total. The van der Waals surface area contributed by atoms with Gasteiger partial charge in [-0.3, -0.25) is 14.5 Å². The third kappa shape index (κ3) is 4.49. The molecule has 186 valence electrons. The van der Waals surface area contributed by atoms with Gasteiger partial charge in [0.1, 0.15) is 11.5 Å². The number of aliphatic hydroxyl groups is 1. The normalized spacial score (nSPS) is 16.9. The second-order valence-electron chi connectivity index (χ2n) is 9.14. The van der Waals surface area contributed by atoms with Crippen LogP contribution >= 0.6 is 0 Å². The van der Waals surface area contributed by atoms with Crippen molar-refractivity contribution in [3.8, 4) is 5.75 Å². The number of ketones is 1. The summed E-state index contributed by atoms with van der Waals surface area (Å²) < 4.78 is 5.80. The van der Waals surface area contributed by atoms with Gasteiger partial charge in [0.2, 0.25) is 0 Å². The lowest BCUT2D eigenvalue weighted by Gasteiger charge is -2.26. The van der Waals surface area contributed by atoms with Gasteiger partial charge in [0.15, 0.2) is 0 Å². The standard InChI is InChI=1S/C32H29NO4/c1-3-19-37-25-12-8-11-24(20-25)33-29(23-17-15-21(4-2)16-18-23)28(31(35)32(33)36)30(34)27-14-7-10-22-9-5-6-13-26(22)27/h5-18,20,29,34H,3-4,19H2,1-2H3/b30-28-. The molecule has 0 spiro atoms. The first-order valence-corrected chi connectivity index (χ1v) is 12.6. The van der Waals surface area contributed by atoms with Gasteiger partial charge in [0.25, 0.3) is 11.7 Å². The number of rotatable bonds is 7. The molecule has 0 aromatic heterocycles. The molecular formula is C32H29NO4. The van der Waals surface area contributed by atoms with Crippen molar-refractivity contribution >= 4 is 33.9 Å². The molecule has 0 saturated carbocycles. The summed E-state index contributed by atoms with van der Waals surface area (Å²) in [6.07, 6.45) is 1.72. The van der Waals surface area contributed by atoms with Gasteiger partial charge in [0, 0.05) is 17.3 Å². The van der Waals surface area contributed by atoms with Crippen molar-refractivity contribution < 1.29 is 19.4 Å². The maximum atomic E-state index is 13.6. The molecule has 1 aliphatic rings. The molecule has 5 rings (SSSR count). The number of hydrogen-bond acceptors (Lipinski definition) is 4. The summed E-state index contributed by atoms with van der Waals surface area (Å²) in [5.74, 6) is -0.954. The summed E-state index contributed by atoms with van der Waals surface area (Å²) in [6.45, 7) is 4.64. The minimum atomic E-state index is -0.786. The highest BCUT2D eigenvalue weighted by Gasteiger charge is 2.47. The van der Waals surface area contributed by atoms with Crippen LogP contribution in [0.25, 0.3) is 16.5 Å². The Balaban J connectivity index is 1.71. The van der Waals surface area contributed by atoms with Crippen LogP contribution in [-0.4, -0.2) is 23.4 Å². The van der Waals surface area contributed by atoms with Crippen LogP contribution in [0.5, 0.6) is 5.75 Å². The first-order valence-electron chi connectivity index (χ1n) is 12.6. The average molecular weight is 492 g/mol. The smallest absolute Gasteiger partial charge is 0.300 e. The molecule has 1 unspecified atom stereocenters. The fourth-order valence-electron chi connectivity index (χ4n) is 4.87.